The number of rotatable bonds is 2. The van der Waals surface area contributed by atoms with Crippen molar-refractivity contribution >= 4 is 10.0 Å². The highest BCUT2D eigenvalue weighted by Gasteiger charge is 2.39. The number of alkyl halides is 3. The van der Waals surface area contributed by atoms with Crippen LogP contribution in [0.4, 0.5) is 13.2 Å². The Morgan fingerprint density at radius 3 is 2.55 bits per heavy atom. The molecule has 0 spiro atoms. The summed E-state index contributed by atoms with van der Waals surface area (Å²) in [5, 5.41) is 9.60. The normalized spacial score (nSPS) is 25.1. The number of benzene rings is 1. The van der Waals surface area contributed by atoms with E-state index in [1.165, 1.54) is 12.1 Å². The van der Waals surface area contributed by atoms with E-state index in [0.29, 0.717) is 0 Å². The van der Waals surface area contributed by atoms with Gasteiger partial charge in [-0.3, -0.25) is 0 Å². The van der Waals surface area contributed by atoms with Gasteiger partial charge in [-0.15, -0.1) is 0 Å². The van der Waals surface area contributed by atoms with Gasteiger partial charge in [0.1, 0.15) is 0 Å². The van der Waals surface area contributed by atoms with Crippen molar-refractivity contribution in [3.05, 3.63) is 35.4 Å². The number of hydrogen-bond acceptors (Lipinski definition) is 3. The molecule has 0 amide bonds. The molecule has 0 saturated carbocycles. The quantitative estimate of drug-likeness (QED) is 0.906. The molecule has 1 N–H and O–H groups in total. The Labute approximate surface area is 114 Å². The molecule has 1 aliphatic rings. The first kappa shape index (κ1) is 15.3. The first-order valence-electron chi connectivity index (χ1n) is 5.91. The van der Waals surface area contributed by atoms with Crippen molar-refractivity contribution in [2.24, 2.45) is 0 Å². The Hall–Kier alpha value is -1.12. The first-order chi connectivity index (χ1) is 9.09. The lowest BCUT2D eigenvalue weighted by Gasteiger charge is -2.22. The van der Waals surface area contributed by atoms with Crippen molar-refractivity contribution in [1.29, 1.82) is 0 Å². The monoisotopic (exact) mass is 309 g/mol. The van der Waals surface area contributed by atoms with Crippen LogP contribution in [-0.2, 0) is 16.2 Å². The van der Waals surface area contributed by atoms with Gasteiger partial charge in [-0.05, 0) is 24.1 Å². The van der Waals surface area contributed by atoms with Crippen LogP contribution in [0, 0.1) is 0 Å². The van der Waals surface area contributed by atoms with E-state index < -0.39 is 33.9 Å². The van der Waals surface area contributed by atoms with E-state index in [2.05, 4.69) is 0 Å². The topological polar surface area (TPSA) is 57.6 Å². The summed E-state index contributed by atoms with van der Waals surface area (Å²) < 4.78 is 62.4. The second-order valence-corrected chi connectivity index (χ2v) is 6.80. The van der Waals surface area contributed by atoms with E-state index in [9.17, 15) is 26.7 Å². The second-order valence-electron chi connectivity index (χ2n) is 4.86. The fraction of sp³-hybridized carbons (Fsp3) is 0.500. The minimum absolute atomic E-state index is 0.0916. The molecular weight excluding hydrogens is 295 g/mol. The summed E-state index contributed by atoms with van der Waals surface area (Å²) in [6.07, 6.45) is -4.28. The lowest BCUT2D eigenvalue weighted by Crippen LogP contribution is -2.30. The second kappa shape index (κ2) is 5.01. The molecule has 8 heteroatoms. The Morgan fingerprint density at radius 1 is 1.35 bits per heavy atom. The lowest BCUT2D eigenvalue weighted by molar-refractivity contribution is -0.137. The van der Waals surface area contributed by atoms with Gasteiger partial charge in [0.15, 0.2) is 0 Å². The van der Waals surface area contributed by atoms with Crippen LogP contribution >= 0.6 is 0 Å². The van der Waals surface area contributed by atoms with Crippen LogP contribution in [0.15, 0.2) is 24.3 Å². The average molecular weight is 309 g/mol. The molecule has 0 unspecified atom stereocenters. The number of nitrogens with zero attached hydrogens (tertiary/aromatic N) is 1. The summed E-state index contributed by atoms with van der Waals surface area (Å²) in [5.41, 5.74) is -0.591. The predicted octanol–water partition coefficient (Wildman–Crippen LogP) is 1.77. The molecule has 20 heavy (non-hydrogen) atoms. The Kier molecular flexibility index (Phi) is 3.83. The summed E-state index contributed by atoms with van der Waals surface area (Å²) in [4.78, 5) is 0. The van der Waals surface area contributed by atoms with Gasteiger partial charge in [0.2, 0.25) is 10.0 Å². The van der Waals surface area contributed by atoms with Crippen LogP contribution in [0.5, 0.6) is 0 Å². The van der Waals surface area contributed by atoms with Crippen LogP contribution in [0.25, 0.3) is 0 Å². The Balaban J connectivity index is 2.40. The maximum absolute atomic E-state index is 12.7. The zero-order valence-electron chi connectivity index (χ0n) is 10.6. The molecule has 0 aromatic heterocycles. The lowest BCUT2D eigenvalue weighted by atomic mass is 10.0. The van der Waals surface area contributed by atoms with Gasteiger partial charge in [0, 0.05) is 6.54 Å². The standard InChI is InChI=1S/C12H14F3NO3S/c1-20(18,19)16-7-10(17)6-11(16)8-3-2-4-9(5-8)12(13,14)15/h2-5,10-11,17H,6-7H2,1H3/t10-,11-/m1/s1. The number of sulfonamides is 1. The molecule has 112 valence electrons. The summed E-state index contributed by atoms with van der Waals surface area (Å²) in [7, 11) is -3.59. The molecule has 1 aromatic carbocycles. The molecule has 1 fully saturated rings. The van der Waals surface area contributed by atoms with Crippen LogP contribution < -0.4 is 0 Å². The van der Waals surface area contributed by atoms with E-state index >= 15 is 0 Å². The van der Waals surface area contributed by atoms with E-state index in [0.717, 1.165) is 22.7 Å². The van der Waals surface area contributed by atoms with Crippen molar-refractivity contribution < 1.29 is 26.7 Å². The minimum atomic E-state index is -4.48. The van der Waals surface area contributed by atoms with Gasteiger partial charge >= 0.3 is 6.18 Å². The smallest absolute Gasteiger partial charge is 0.392 e. The maximum Gasteiger partial charge on any atom is 0.416 e. The number of hydrogen-bond donors (Lipinski definition) is 1. The summed E-state index contributed by atoms with van der Waals surface area (Å²) in [6, 6.07) is 3.78. The molecule has 0 bridgehead atoms. The highest BCUT2D eigenvalue weighted by atomic mass is 32.2. The molecule has 1 heterocycles. The Morgan fingerprint density at radius 2 is 2.00 bits per heavy atom. The van der Waals surface area contributed by atoms with Gasteiger partial charge in [0.05, 0.1) is 24.0 Å². The Bertz CT molecular complexity index is 600. The summed E-state index contributed by atoms with van der Waals surface area (Å²) in [6.45, 7) is -0.0975. The zero-order chi connectivity index (χ0) is 15.1. The third-order valence-electron chi connectivity index (χ3n) is 3.26. The maximum atomic E-state index is 12.7. The predicted molar refractivity (Wildman–Crippen MR) is 66.4 cm³/mol. The summed E-state index contributed by atoms with van der Waals surface area (Å²) in [5.74, 6) is 0. The van der Waals surface area contributed by atoms with Crippen LogP contribution in [0.2, 0.25) is 0 Å². The largest absolute Gasteiger partial charge is 0.416 e. The fourth-order valence-electron chi connectivity index (χ4n) is 2.38. The minimum Gasteiger partial charge on any atom is -0.392 e. The molecule has 1 aliphatic heterocycles. The van der Waals surface area contributed by atoms with E-state index in [4.69, 9.17) is 0 Å². The van der Waals surface area contributed by atoms with Crippen LogP contribution in [-0.4, -0.2) is 36.7 Å². The van der Waals surface area contributed by atoms with Gasteiger partial charge in [-0.2, -0.15) is 17.5 Å². The van der Waals surface area contributed by atoms with Gasteiger partial charge < -0.3 is 5.11 Å². The van der Waals surface area contributed by atoms with E-state index in [1.807, 2.05) is 0 Å². The van der Waals surface area contributed by atoms with E-state index in [-0.39, 0.29) is 18.5 Å². The zero-order valence-corrected chi connectivity index (χ0v) is 11.4. The van der Waals surface area contributed by atoms with Crippen molar-refractivity contribution in [2.75, 3.05) is 12.8 Å². The molecule has 4 nitrogen and oxygen atoms in total. The molecule has 2 atom stereocenters. The SMILES string of the molecule is CS(=O)(=O)N1C[C@H](O)C[C@@H]1c1cccc(C(F)(F)F)c1. The highest BCUT2D eigenvalue weighted by Crippen LogP contribution is 2.37. The molecule has 1 saturated heterocycles. The van der Waals surface area contributed by atoms with Crippen molar-refractivity contribution in [3.63, 3.8) is 0 Å². The summed E-state index contributed by atoms with van der Waals surface area (Å²) >= 11 is 0. The van der Waals surface area contributed by atoms with Crippen molar-refractivity contribution in [2.45, 2.75) is 24.7 Å². The highest BCUT2D eigenvalue weighted by molar-refractivity contribution is 7.88. The van der Waals surface area contributed by atoms with Gasteiger partial charge in [-0.1, -0.05) is 12.1 Å². The molecule has 2 rings (SSSR count). The molecule has 0 aliphatic carbocycles. The molecule has 0 radical (unpaired) electrons. The third kappa shape index (κ3) is 3.13. The van der Waals surface area contributed by atoms with Gasteiger partial charge in [0.25, 0.3) is 0 Å². The number of β-amino-alcohol motifs (C(OH)–C–C–N with tert-alkyl or cyclic N) is 1. The number of aliphatic hydroxyl groups excluding tert-OH is 1. The molecule has 1 aromatic rings. The first-order valence-corrected chi connectivity index (χ1v) is 7.76. The van der Waals surface area contributed by atoms with E-state index in [1.54, 1.807) is 0 Å². The average Bonchev–Trinajstić information content (AvgIpc) is 2.70. The van der Waals surface area contributed by atoms with Crippen LogP contribution in [0.3, 0.4) is 0 Å². The molecular formula is C12H14F3NO3S. The number of halogens is 3. The fourth-order valence-corrected chi connectivity index (χ4v) is 3.49. The number of aliphatic hydroxyl groups is 1. The van der Waals surface area contributed by atoms with Crippen LogP contribution in [0.1, 0.15) is 23.6 Å². The van der Waals surface area contributed by atoms with Gasteiger partial charge in [-0.25, -0.2) is 8.42 Å². The van der Waals surface area contributed by atoms with Crippen molar-refractivity contribution in [1.82, 2.24) is 4.31 Å². The third-order valence-corrected chi connectivity index (χ3v) is 4.51. The van der Waals surface area contributed by atoms with Crippen molar-refractivity contribution in [3.8, 4) is 0 Å².